The van der Waals surface area contributed by atoms with Crippen LogP contribution < -0.4 is 11.1 Å². The number of hydrogen-bond donors (Lipinski definition) is 3. The van der Waals surface area contributed by atoms with Crippen molar-refractivity contribution < 1.29 is 4.74 Å². The summed E-state index contributed by atoms with van der Waals surface area (Å²) in [4.78, 5) is 2.22. The lowest BCUT2D eigenvalue weighted by Crippen LogP contribution is -2.36. The van der Waals surface area contributed by atoms with Crippen LogP contribution in [0.1, 0.15) is 46.0 Å². The van der Waals surface area contributed by atoms with Crippen LogP contribution in [-0.2, 0) is 4.74 Å². The van der Waals surface area contributed by atoms with E-state index in [0.717, 1.165) is 63.2 Å². The molecule has 1 heterocycles. The largest absolute Gasteiger partial charge is 0.402 e. The minimum atomic E-state index is 0.0920. The van der Waals surface area contributed by atoms with E-state index < -0.39 is 0 Å². The summed E-state index contributed by atoms with van der Waals surface area (Å²) in [7, 11) is 4.04. The summed E-state index contributed by atoms with van der Waals surface area (Å²) in [5.41, 5.74) is 8.77. The van der Waals surface area contributed by atoms with Crippen molar-refractivity contribution in [2.45, 2.75) is 51.6 Å². The molecule has 1 spiro atoms. The second-order valence-electron chi connectivity index (χ2n) is 8.55. The molecular formula is C19H36N4O. The first-order valence-electron chi connectivity index (χ1n) is 9.27. The molecule has 1 aliphatic carbocycles. The number of rotatable bonds is 7. The van der Waals surface area contributed by atoms with Gasteiger partial charge in [0.25, 0.3) is 0 Å². The zero-order valence-electron chi connectivity index (χ0n) is 16.0. The van der Waals surface area contributed by atoms with E-state index in [1.165, 1.54) is 12.6 Å². The van der Waals surface area contributed by atoms with E-state index in [2.05, 4.69) is 31.1 Å². The van der Waals surface area contributed by atoms with Crippen LogP contribution in [0.25, 0.3) is 0 Å². The predicted octanol–water partition coefficient (Wildman–Crippen LogP) is 2.38. The van der Waals surface area contributed by atoms with E-state index in [1.54, 1.807) is 0 Å². The number of nitrogens with two attached hydrogens (primary N) is 1. The van der Waals surface area contributed by atoms with Crippen LogP contribution in [0.4, 0.5) is 0 Å². The normalized spacial score (nSPS) is 30.6. The fraction of sp³-hybridized carbons (Fsp3) is 0.842. The van der Waals surface area contributed by atoms with Crippen LogP contribution in [-0.4, -0.2) is 57.1 Å². The van der Waals surface area contributed by atoms with Crippen LogP contribution in [0, 0.1) is 16.7 Å². The number of allylic oxidation sites excluding steroid dienone is 1. The standard InChI is InChI=1S/C19H36N4O/c1-18(2)13-19(24-14-18)7-5-15(6-8-19)17(21)16(11-20)12-23(4)10-9-22-3/h11,15,20,22H,5-10,12-14,21H2,1-4H3. The average Bonchev–Trinajstić information content (AvgIpc) is 2.85. The lowest BCUT2D eigenvalue weighted by Gasteiger charge is -2.37. The van der Waals surface area contributed by atoms with Crippen molar-refractivity contribution in [1.82, 2.24) is 10.2 Å². The Labute approximate surface area is 147 Å². The van der Waals surface area contributed by atoms with Gasteiger partial charge in [-0.1, -0.05) is 13.8 Å². The molecule has 2 aliphatic rings. The van der Waals surface area contributed by atoms with Gasteiger partial charge in [-0.15, -0.1) is 0 Å². The van der Waals surface area contributed by atoms with Crippen LogP contribution in [0.2, 0.25) is 0 Å². The van der Waals surface area contributed by atoms with E-state index in [1.807, 2.05) is 7.05 Å². The lowest BCUT2D eigenvalue weighted by molar-refractivity contribution is -0.0327. The van der Waals surface area contributed by atoms with Crippen LogP contribution in [0.5, 0.6) is 0 Å². The maximum Gasteiger partial charge on any atom is 0.0689 e. The molecular weight excluding hydrogens is 300 g/mol. The first-order chi connectivity index (χ1) is 11.3. The third kappa shape index (κ3) is 4.80. The molecule has 1 saturated carbocycles. The van der Waals surface area contributed by atoms with E-state index in [9.17, 15) is 0 Å². The number of hydrogen-bond acceptors (Lipinski definition) is 5. The van der Waals surface area contributed by atoms with Gasteiger partial charge in [0.05, 0.1) is 12.2 Å². The monoisotopic (exact) mass is 336 g/mol. The third-order valence-electron chi connectivity index (χ3n) is 5.64. The average molecular weight is 337 g/mol. The van der Waals surface area contributed by atoms with Gasteiger partial charge in [0.15, 0.2) is 0 Å². The highest BCUT2D eigenvalue weighted by Gasteiger charge is 2.46. The number of nitrogens with one attached hydrogen (secondary N) is 2. The SMILES string of the molecule is CNCCN(C)CC(C=N)=C(N)C1CCC2(CC1)CC(C)(C)CO2. The van der Waals surface area contributed by atoms with Gasteiger partial charge in [0.1, 0.15) is 0 Å². The van der Waals surface area contributed by atoms with Crippen LogP contribution in [0.15, 0.2) is 11.3 Å². The van der Waals surface area contributed by atoms with Crippen LogP contribution >= 0.6 is 0 Å². The molecule has 0 radical (unpaired) electrons. The Balaban J connectivity index is 1.94. The quantitative estimate of drug-likeness (QED) is 0.624. The van der Waals surface area contributed by atoms with Crippen molar-refractivity contribution in [2.75, 3.05) is 40.3 Å². The molecule has 5 nitrogen and oxygen atoms in total. The highest BCUT2D eigenvalue weighted by molar-refractivity contribution is 5.77. The van der Waals surface area contributed by atoms with Crippen molar-refractivity contribution in [3.63, 3.8) is 0 Å². The Kier molecular flexibility index (Phi) is 6.46. The molecule has 1 saturated heterocycles. The third-order valence-corrected chi connectivity index (χ3v) is 5.64. The Morgan fingerprint density at radius 2 is 2.04 bits per heavy atom. The molecule has 2 rings (SSSR count). The summed E-state index contributed by atoms with van der Waals surface area (Å²) in [5.74, 6) is 0.400. The molecule has 0 atom stereocenters. The zero-order chi connectivity index (χ0) is 17.8. The predicted molar refractivity (Wildman–Crippen MR) is 100 cm³/mol. The van der Waals surface area contributed by atoms with Gasteiger partial charge in [-0.05, 0) is 57.5 Å². The summed E-state index contributed by atoms with van der Waals surface area (Å²) in [6.45, 7) is 8.14. The molecule has 5 heteroatoms. The Morgan fingerprint density at radius 3 is 2.54 bits per heavy atom. The molecule has 0 amide bonds. The molecule has 24 heavy (non-hydrogen) atoms. The summed E-state index contributed by atoms with van der Waals surface area (Å²) >= 11 is 0. The van der Waals surface area contributed by atoms with Crippen molar-refractivity contribution >= 4 is 6.21 Å². The topological polar surface area (TPSA) is 74.4 Å². The molecule has 0 aromatic rings. The Bertz CT molecular complexity index is 464. The molecule has 2 fully saturated rings. The van der Waals surface area contributed by atoms with E-state index in [0.29, 0.717) is 11.3 Å². The fourth-order valence-corrected chi connectivity index (χ4v) is 4.25. The molecule has 138 valence electrons. The molecule has 0 bridgehead atoms. The minimum Gasteiger partial charge on any atom is -0.402 e. The van der Waals surface area contributed by atoms with Crippen molar-refractivity contribution in [3.05, 3.63) is 11.3 Å². The summed E-state index contributed by atoms with van der Waals surface area (Å²) < 4.78 is 6.20. The highest BCUT2D eigenvalue weighted by atomic mass is 16.5. The van der Waals surface area contributed by atoms with Crippen molar-refractivity contribution in [3.8, 4) is 0 Å². The van der Waals surface area contributed by atoms with E-state index >= 15 is 0 Å². The smallest absolute Gasteiger partial charge is 0.0689 e. The second kappa shape index (κ2) is 7.98. The van der Waals surface area contributed by atoms with Crippen molar-refractivity contribution in [1.29, 1.82) is 5.41 Å². The number of ether oxygens (including phenoxy) is 1. The van der Waals surface area contributed by atoms with Crippen LogP contribution in [0.3, 0.4) is 0 Å². The summed E-state index contributed by atoms with van der Waals surface area (Å²) in [6, 6.07) is 0. The molecule has 0 unspecified atom stereocenters. The minimum absolute atomic E-state index is 0.0920. The first kappa shape index (κ1) is 19.4. The van der Waals surface area contributed by atoms with Gasteiger partial charge in [-0.2, -0.15) is 0 Å². The van der Waals surface area contributed by atoms with E-state index in [-0.39, 0.29) is 5.60 Å². The van der Waals surface area contributed by atoms with Gasteiger partial charge >= 0.3 is 0 Å². The van der Waals surface area contributed by atoms with E-state index in [4.69, 9.17) is 15.9 Å². The van der Waals surface area contributed by atoms with Gasteiger partial charge in [-0.25, -0.2) is 0 Å². The highest BCUT2D eigenvalue weighted by Crippen LogP contribution is 2.48. The zero-order valence-corrected chi connectivity index (χ0v) is 16.0. The number of likely N-dealkylation sites (N-methyl/N-ethyl adjacent to an activating group) is 2. The van der Waals surface area contributed by atoms with Gasteiger partial charge in [0.2, 0.25) is 0 Å². The molecule has 4 N–H and O–H groups in total. The Morgan fingerprint density at radius 1 is 1.38 bits per heavy atom. The Hall–Kier alpha value is -0.910. The molecule has 1 aliphatic heterocycles. The number of nitrogens with zero attached hydrogens (tertiary/aromatic N) is 1. The van der Waals surface area contributed by atoms with Gasteiger partial charge in [0, 0.05) is 37.1 Å². The maximum absolute atomic E-state index is 7.76. The first-order valence-corrected chi connectivity index (χ1v) is 9.27. The van der Waals surface area contributed by atoms with Gasteiger partial charge < -0.3 is 26.1 Å². The maximum atomic E-state index is 7.76. The van der Waals surface area contributed by atoms with Crippen molar-refractivity contribution in [2.24, 2.45) is 17.1 Å². The summed E-state index contributed by atoms with van der Waals surface area (Å²) in [5, 5.41) is 10.9. The fourth-order valence-electron chi connectivity index (χ4n) is 4.25. The van der Waals surface area contributed by atoms with Gasteiger partial charge in [-0.3, -0.25) is 0 Å². The summed E-state index contributed by atoms with van der Waals surface area (Å²) in [6.07, 6.45) is 6.98. The lowest BCUT2D eigenvalue weighted by atomic mass is 9.72. The molecule has 0 aromatic heterocycles. The molecule has 0 aromatic carbocycles. The second-order valence-corrected chi connectivity index (χ2v) is 8.55.